The molecule has 0 spiro atoms. The largest absolute Gasteiger partial charge is 0.483 e. The maximum atomic E-state index is 12.2. The number of hydrogen-bond acceptors (Lipinski definition) is 3. The van der Waals surface area contributed by atoms with E-state index in [0.717, 1.165) is 17.5 Å². The van der Waals surface area contributed by atoms with Crippen LogP contribution in [-0.2, 0) is 9.59 Å². The van der Waals surface area contributed by atoms with Crippen LogP contribution in [0.5, 0.6) is 5.75 Å². The lowest BCUT2D eigenvalue weighted by Crippen LogP contribution is -2.21. The van der Waals surface area contributed by atoms with Crippen LogP contribution in [-0.4, -0.2) is 18.4 Å². The third-order valence-corrected chi connectivity index (χ3v) is 4.09. The lowest BCUT2D eigenvalue weighted by Gasteiger charge is -2.13. The zero-order valence-corrected chi connectivity index (χ0v) is 15.9. The van der Waals surface area contributed by atoms with Gasteiger partial charge in [-0.2, -0.15) is 0 Å². The Kier molecular flexibility index (Phi) is 7.04. The van der Waals surface area contributed by atoms with Crippen molar-refractivity contribution in [1.29, 1.82) is 0 Å². The molecule has 0 fully saturated rings. The van der Waals surface area contributed by atoms with Crippen LogP contribution in [0.25, 0.3) is 0 Å². The summed E-state index contributed by atoms with van der Waals surface area (Å²) >= 11 is 6.14. The molecule has 0 saturated carbocycles. The van der Waals surface area contributed by atoms with Gasteiger partial charge in [0.25, 0.3) is 5.91 Å². The second-order valence-electron chi connectivity index (χ2n) is 6.05. The first kappa shape index (κ1) is 19.8. The molecule has 2 aromatic carbocycles. The third kappa shape index (κ3) is 5.49. The molecule has 0 radical (unpaired) electrons. The molecule has 138 valence electrons. The Labute approximate surface area is 158 Å². The first-order valence-corrected chi connectivity index (χ1v) is 8.86. The van der Waals surface area contributed by atoms with Crippen LogP contribution in [0.2, 0.25) is 5.02 Å². The van der Waals surface area contributed by atoms with Gasteiger partial charge in [0.2, 0.25) is 5.91 Å². The van der Waals surface area contributed by atoms with Crippen molar-refractivity contribution in [3.8, 4) is 5.75 Å². The quantitative estimate of drug-likeness (QED) is 0.737. The fraction of sp³-hybridized carbons (Fsp3) is 0.300. The van der Waals surface area contributed by atoms with Crippen molar-refractivity contribution in [2.24, 2.45) is 0 Å². The second-order valence-corrected chi connectivity index (χ2v) is 6.46. The summed E-state index contributed by atoms with van der Waals surface area (Å²) < 4.78 is 5.64. The molecule has 0 bridgehead atoms. The van der Waals surface area contributed by atoms with E-state index in [-0.39, 0.29) is 18.4 Å². The fourth-order valence-corrected chi connectivity index (χ4v) is 2.67. The van der Waals surface area contributed by atoms with E-state index in [1.807, 2.05) is 39.0 Å². The Morgan fingerprint density at radius 1 is 1.04 bits per heavy atom. The molecule has 0 aliphatic heterocycles. The predicted molar refractivity (Wildman–Crippen MR) is 105 cm³/mol. The number of nitrogens with one attached hydrogen (secondary N) is 2. The van der Waals surface area contributed by atoms with E-state index in [9.17, 15) is 9.59 Å². The molecule has 0 atom stereocenters. The number of aryl methyl sites for hydroxylation is 2. The van der Waals surface area contributed by atoms with Crippen LogP contribution in [0.4, 0.5) is 11.4 Å². The number of anilines is 2. The molecule has 0 aromatic heterocycles. The van der Waals surface area contributed by atoms with E-state index in [0.29, 0.717) is 28.6 Å². The van der Waals surface area contributed by atoms with Gasteiger partial charge < -0.3 is 15.4 Å². The number of halogens is 1. The van der Waals surface area contributed by atoms with Crippen molar-refractivity contribution >= 4 is 34.8 Å². The van der Waals surface area contributed by atoms with Gasteiger partial charge in [0.1, 0.15) is 5.75 Å². The molecule has 2 aromatic rings. The summed E-state index contributed by atoms with van der Waals surface area (Å²) in [6.45, 7) is 5.66. The first-order chi connectivity index (χ1) is 12.4. The van der Waals surface area contributed by atoms with Gasteiger partial charge in [-0.3, -0.25) is 9.59 Å². The molecule has 0 heterocycles. The Morgan fingerprint density at radius 3 is 2.38 bits per heavy atom. The van der Waals surface area contributed by atoms with E-state index >= 15 is 0 Å². The maximum absolute atomic E-state index is 12.2. The molecule has 2 amide bonds. The predicted octanol–water partition coefficient (Wildman–Crippen LogP) is 4.71. The molecule has 0 saturated heterocycles. The van der Waals surface area contributed by atoms with E-state index in [1.165, 1.54) is 0 Å². The molecule has 0 unspecified atom stereocenters. The van der Waals surface area contributed by atoms with Crippen LogP contribution >= 0.6 is 11.6 Å². The van der Waals surface area contributed by atoms with Crippen LogP contribution in [0.15, 0.2) is 36.4 Å². The molecule has 0 aliphatic rings. The lowest BCUT2D eigenvalue weighted by atomic mass is 10.1. The molecule has 26 heavy (non-hydrogen) atoms. The number of para-hydroxylation sites is 1. The summed E-state index contributed by atoms with van der Waals surface area (Å²) in [7, 11) is 0. The normalized spacial score (nSPS) is 10.3. The van der Waals surface area contributed by atoms with Gasteiger partial charge >= 0.3 is 0 Å². The van der Waals surface area contributed by atoms with Crippen molar-refractivity contribution in [3.63, 3.8) is 0 Å². The smallest absolute Gasteiger partial charge is 0.262 e. The number of hydrogen-bond donors (Lipinski definition) is 2. The SMILES string of the molecule is CCCC(=O)Nc1ccc(Cl)c(NC(=O)COc2c(C)cccc2C)c1. The molecule has 2 N–H and O–H groups in total. The average Bonchev–Trinajstić information content (AvgIpc) is 2.57. The number of amides is 2. The Balaban J connectivity index is 2.01. The first-order valence-electron chi connectivity index (χ1n) is 8.49. The third-order valence-electron chi connectivity index (χ3n) is 3.76. The van der Waals surface area contributed by atoms with Gasteiger partial charge in [0, 0.05) is 12.1 Å². The number of ether oxygens (including phenoxy) is 1. The van der Waals surface area contributed by atoms with Crippen LogP contribution in [0.1, 0.15) is 30.9 Å². The standard InChI is InChI=1S/C20H23ClN2O3/c1-4-6-18(24)22-15-9-10-16(21)17(11-15)23-19(25)12-26-20-13(2)7-5-8-14(20)3/h5,7-11H,4,6,12H2,1-3H3,(H,22,24)(H,23,25). The fourth-order valence-electron chi connectivity index (χ4n) is 2.50. The van der Waals surface area contributed by atoms with E-state index < -0.39 is 0 Å². The topological polar surface area (TPSA) is 67.4 Å². The van der Waals surface area contributed by atoms with Crippen molar-refractivity contribution in [2.45, 2.75) is 33.6 Å². The minimum atomic E-state index is -0.327. The highest BCUT2D eigenvalue weighted by Gasteiger charge is 2.11. The monoisotopic (exact) mass is 374 g/mol. The zero-order chi connectivity index (χ0) is 19.1. The highest BCUT2D eigenvalue weighted by molar-refractivity contribution is 6.33. The average molecular weight is 375 g/mol. The van der Waals surface area contributed by atoms with E-state index in [1.54, 1.807) is 18.2 Å². The minimum absolute atomic E-state index is 0.0783. The van der Waals surface area contributed by atoms with Crippen molar-refractivity contribution in [3.05, 3.63) is 52.5 Å². The summed E-state index contributed by atoms with van der Waals surface area (Å²) in [4.78, 5) is 23.9. The zero-order valence-electron chi connectivity index (χ0n) is 15.2. The van der Waals surface area contributed by atoms with Crippen molar-refractivity contribution in [1.82, 2.24) is 0 Å². The number of carbonyl (C=O) groups excluding carboxylic acids is 2. The lowest BCUT2D eigenvalue weighted by molar-refractivity contribution is -0.118. The summed E-state index contributed by atoms with van der Waals surface area (Å²) in [5.74, 6) is 0.298. The van der Waals surface area contributed by atoms with Crippen LogP contribution in [0.3, 0.4) is 0 Å². The van der Waals surface area contributed by atoms with Gasteiger partial charge in [-0.15, -0.1) is 0 Å². The number of benzene rings is 2. The number of rotatable bonds is 7. The summed E-state index contributed by atoms with van der Waals surface area (Å²) in [6.07, 6.45) is 1.20. The van der Waals surface area contributed by atoms with Crippen molar-refractivity contribution < 1.29 is 14.3 Å². The van der Waals surface area contributed by atoms with E-state index in [2.05, 4.69) is 10.6 Å². The molecular weight excluding hydrogens is 352 g/mol. The van der Waals surface area contributed by atoms with Crippen LogP contribution < -0.4 is 15.4 Å². The summed E-state index contributed by atoms with van der Waals surface area (Å²) in [6, 6.07) is 10.8. The van der Waals surface area contributed by atoms with Gasteiger partial charge in [-0.25, -0.2) is 0 Å². The van der Waals surface area contributed by atoms with Crippen molar-refractivity contribution in [2.75, 3.05) is 17.2 Å². The molecule has 6 heteroatoms. The minimum Gasteiger partial charge on any atom is -0.483 e. The molecule has 2 rings (SSSR count). The Bertz CT molecular complexity index is 785. The van der Waals surface area contributed by atoms with Crippen LogP contribution in [0, 0.1) is 13.8 Å². The van der Waals surface area contributed by atoms with Gasteiger partial charge in [0.15, 0.2) is 6.61 Å². The Hall–Kier alpha value is -2.53. The highest BCUT2D eigenvalue weighted by Crippen LogP contribution is 2.26. The number of carbonyl (C=O) groups is 2. The van der Waals surface area contributed by atoms with E-state index in [4.69, 9.17) is 16.3 Å². The maximum Gasteiger partial charge on any atom is 0.262 e. The van der Waals surface area contributed by atoms with Gasteiger partial charge in [-0.05, 0) is 49.6 Å². The molecular formula is C20H23ClN2O3. The molecule has 0 aliphatic carbocycles. The Morgan fingerprint density at radius 2 is 1.73 bits per heavy atom. The summed E-state index contributed by atoms with van der Waals surface area (Å²) in [5.41, 5.74) is 2.95. The van der Waals surface area contributed by atoms with Gasteiger partial charge in [-0.1, -0.05) is 36.7 Å². The molecule has 5 nitrogen and oxygen atoms in total. The summed E-state index contributed by atoms with van der Waals surface area (Å²) in [5, 5.41) is 5.88. The second kappa shape index (κ2) is 9.25. The van der Waals surface area contributed by atoms with Gasteiger partial charge in [0.05, 0.1) is 10.7 Å². The highest BCUT2D eigenvalue weighted by atomic mass is 35.5.